The van der Waals surface area contributed by atoms with E-state index in [1.807, 2.05) is 0 Å². The highest BCUT2D eigenvalue weighted by molar-refractivity contribution is 7.92. The van der Waals surface area contributed by atoms with Crippen molar-refractivity contribution in [1.29, 1.82) is 0 Å². The highest BCUT2D eigenvalue weighted by Gasteiger charge is 2.48. The Hall–Kier alpha value is -0.660. The van der Waals surface area contributed by atoms with Crippen molar-refractivity contribution < 1.29 is 21.6 Å². The van der Waals surface area contributed by atoms with Gasteiger partial charge in [-0.2, -0.15) is 13.2 Å². The summed E-state index contributed by atoms with van der Waals surface area (Å²) in [4.78, 5) is -0.853. The molecule has 1 aromatic carbocycles. The van der Waals surface area contributed by atoms with E-state index in [1.165, 1.54) is 18.2 Å². The van der Waals surface area contributed by atoms with Crippen molar-refractivity contribution in [3.8, 4) is 0 Å². The normalized spacial score (nSPS) is 13.3. The second-order valence-electron chi connectivity index (χ2n) is 4.40. The fourth-order valence-electron chi connectivity index (χ4n) is 1.36. The minimum absolute atomic E-state index is 0.00308. The van der Waals surface area contributed by atoms with Gasteiger partial charge in [-0.25, -0.2) is 8.42 Å². The van der Waals surface area contributed by atoms with Gasteiger partial charge in [-0.1, -0.05) is 12.1 Å². The van der Waals surface area contributed by atoms with Gasteiger partial charge in [0.1, 0.15) is 0 Å². The Balaban J connectivity index is 3.33. The molecule has 0 radical (unpaired) electrons. The van der Waals surface area contributed by atoms with Crippen LogP contribution < -0.4 is 5.32 Å². The molecule has 0 amide bonds. The van der Waals surface area contributed by atoms with E-state index in [1.54, 1.807) is 6.92 Å². The minimum Gasteiger partial charge on any atom is -0.376 e. The smallest absolute Gasteiger partial charge is 0.376 e. The highest BCUT2D eigenvalue weighted by Crippen LogP contribution is 2.35. The average Bonchev–Trinajstić information content (AvgIpc) is 2.37. The van der Waals surface area contributed by atoms with Gasteiger partial charge in [0.2, 0.25) is 0 Å². The van der Waals surface area contributed by atoms with Gasteiger partial charge in [-0.15, -0.1) is 23.2 Å². The molecule has 9 heteroatoms. The van der Waals surface area contributed by atoms with Crippen molar-refractivity contribution in [2.45, 2.75) is 22.9 Å². The van der Waals surface area contributed by atoms with Crippen LogP contribution in [-0.4, -0.2) is 31.2 Å². The number of hydrogen-bond acceptors (Lipinski definition) is 3. The zero-order chi connectivity index (χ0) is 15.6. The quantitative estimate of drug-likeness (QED) is 0.825. The van der Waals surface area contributed by atoms with Crippen LogP contribution >= 0.6 is 23.2 Å². The van der Waals surface area contributed by atoms with Gasteiger partial charge in [-0.3, -0.25) is 0 Å². The van der Waals surface area contributed by atoms with Crippen LogP contribution in [-0.2, 0) is 9.84 Å². The number of nitrogens with one attached hydrogen (secondary N) is 1. The number of halogens is 5. The van der Waals surface area contributed by atoms with Gasteiger partial charge in [0, 0.05) is 11.8 Å². The van der Waals surface area contributed by atoms with Crippen LogP contribution in [0, 0.1) is 0 Å². The average molecular weight is 350 g/mol. The van der Waals surface area contributed by atoms with Crippen LogP contribution in [0.15, 0.2) is 29.2 Å². The summed E-state index contributed by atoms with van der Waals surface area (Å²) in [6, 6.07) is 4.74. The monoisotopic (exact) mass is 349 g/mol. The summed E-state index contributed by atoms with van der Waals surface area (Å²) < 4.78 is 60.9. The molecule has 0 aliphatic carbocycles. The van der Waals surface area contributed by atoms with Crippen molar-refractivity contribution in [2.75, 3.05) is 17.1 Å². The summed E-state index contributed by atoms with van der Waals surface area (Å²) in [5, 5.41) is 2.66. The Kier molecular flexibility index (Phi) is 5.21. The molecule has 1 rings (SSSR count). The van der Waals surface area contributed by atoms with Crippen LogP contribution in [0.25, 0.3) is 0 Å². The van der Waals surface area contributed by atoms with Gasteiger partial charge in [-0.05, 0) is 19.1 Å². The minimum atomic E-state index is -5.44. The van der Waals surface area contributed by atoms with E-state index in [4.69, 9.17) is 23.2 Å². The topological polar surface area (TPSA) is 46.2 Å². The number of sulfone groups is 1. The molecule has 3 nitrogen and oxygen atoms in total. The lowest BCUT2D eigenvalue weighted by atomic mass is 10.1. The first-order valence-corrected chi connectivity index (χ1v) is 7.93. The zero-order valence-corrected chi connectivity index (χ0v) is 12.7. The first-order chi connectivity index (χ1) is 9.07. The fourth-order valence-corrected chi connectivity index (χ4v) is 2.69. The number of anilines is 1. The number of rotatable bonds is 5. The molecule has 20 heavy (non-hydrogen) atoms. The van der Waals surface area contributed by atoms with E-state index in [9.17, 15) is 21.6 Å². The van der Waals surface area contributed by atoms with Gasteiger partial charge in [0.05, 0.1) is 16.1 Å². The van der Waals surface area contributed by atoms with Gasteiger partial charge < -0.3 is 5.32 Å². The summed E-state index contributed by atoms with van der Waals surface area (Å²) in [7, 11) is -5.44. The summed E-state index contributed by atoms with van der Waals surface area (Å²) in [5.41, 5.74) is -6.49. The number of benzene rings is 1. The van der Waals surface area contributed by atoms with E-state index >= 15 is 0 Å². The third-order valence-corrected chi connectivity index (χ3v) is 5.23. The molecule has 0 bridgehead atoms. The molecular weight excluding hydrogens is 338 g/mol. The van der Waals surface area contributed by atoms with Crippen molar-refractivity contribution in [3.05, 3.63) is 24.3 Å². The van der Waals surface area contributed by atoms with Crippen molar-refractivity contribution in [1.82, 2.24) is 0 Å². The second kappa shape index (κ2) is 5.99. The molecule has 0 heterocycles. The fraction of sp³-hybridized carbons (Fsp3) is 0.455. The largest absolute Gasteiger partial charge is 0.501 e. The lowest BCUT2D eigenvalue weighted by Gasteiger charge is -2.28. The van der Waals surface area contributed by atoms with E-state index in [0.717, 1.165) is 6.07 Å². The molecule has 0 atom stereocenters. The van der Waals surface area contributed by atoms with Crippen LogP contribution in [0.5, 0.6) is 0 Å². The molecule has 0 spiro atoms. The standard InChI is InChI=1S/C11H12Cl2F3NO2S/c1-10(6-12,7-13)17-8-4-2-3-5-9(8)20(18,19)11(14,15)16/h2-5,17H,6-7H2,1H3. The second-order valence-corrected chi connectivity index (χ2v) is 6.84. The van der Waals surface area contributed by atoms with Crippen LogP contribution in [0.3, 0.4) is 0 Å². The maximum atomic E-state index is 12.6. The van der Waals surface area contributed by atoms with Gasteiger partial charge >= 0.3 is 5.51 Å². The summed E-state index contributed by atoms with van der Waals surface area (Å²) in [6.07, 6.45) is 0. The third-order valence-electron chi connectivity index (χ3n) is 2.51. The Morgan fingerprint density at radius 3 is 2.10 bits per heavy atom. The Morgan fingerprint density at radius 1 is 1.15 bits per heavy atom. The van der Waals surface area contributed by atoms with E-state index in [0.29, 0.717) is 0 Å². The van der Waals surface area contributed by atoms with Crippen molar-refractivity contribution >= 4 is 38.7 Å². The molecule has 0 aliphatic heterocycles. The van der Waals surface area contributed by atoms with Crippen LogP contribution in [0.4, 0.5) is 18.9 Å². The predicted molar refractivity (Wildman–Crippen MR) is 73.2 cm³/mol. The summed E-state index contributed by atoms with van der Waals surface area (Å²) in [6.45, 7) is 1.57. The molecule has 114 valence electrons. The Labute approximate surface area is 125 Å². The maximum Gasteiger partial charge on any atom is 0.501 e. The molecule has 0 saturated heterocycles. The lowest BCUT2D eigenvalue weighted by molar-refractivity contribution is -0.0435. The molecule has 0 unspecified atom stereocenters. The molecule has 0 saturated carbocycles. The SMILES string of the molecule is CC(CCl)(CCl)Nc1ccccc1S(=O)(=O)C(F)(F)F. The van der Waals surface area contributed by atoms with Crippen molar-refractivity contribution in [3.63, 3.8) is 0 Å². The van der Waals surface area contributed by atoms with E-state index < -0.39 is 25.8 Å². The van der Waals surface area contributed by atoms with E-state index in [-0.39, 0.29) is 17.4 Å². The first-order valence-electron chi connectivity index (χ1n) is 5.38. The Bertz CT molecular complexity index is 571. The molecule has 1 N–H and O–H groups in total. The number of alkyl halides is 5. The number of hydrogen-bond donors (Lipinski definition) is 1. The summed E-state index contributed by atoms with van der Waals surface area (Å²) in [5.74, 6) is -0.00615. The molecular formula is C11H12Cl2F3NO2S. The van der Waals surface area contributed by atoms with Gasteiger partial charge in [0.15, 0.2) is 0 Å². The molecule has 0 aliphatic rings. The molecule has 0 fully saturated rings. The van der Waals surface area contributed by atoms with E-state index in [2.05, 4.69) is 5.32 Å². The van der Waals surface area contributed by atoms with Crippen LogP contribution in [0.1, 0.15) is 6.92 Å². The predicted octanol–water partition coefficient (Wildman–Crippen LogP) is 3.63. The van der Waals surface area contributed by atoms with Crippen LogP contribution in [0.2, 0.25) is 0 Å². The third kappa shape index (κ3) is 3.51. The Morgan fingerprint density at radius 2 is 1.65 bits per heavy atom. The van der Waals surface area contributed by atoms with Crippen molar-refractivity contribution in [2.24, 2.45) is 0 Å². The first kappa shape index (κ1) is 17.4. The highest BCUT2D eigenvalue weighted by atomic mass is 35.5. The summed E-state index contributed by atoms with van der Waals surface area (Å²) >= 11 is 11.4. The zero-order valence-electron chi connectivity index (χ0n) is 10.3. The van der Waals surface area contributed by atoms with Gasteiger partial charge in [0.25, 0.3) is 9.84 Å². The molecule has 1 aromatic rings. The lowest BCUT2D eigenvalue weighted by Crippen LogP contribution is -2.39. The number of para-hydroxylation sites is 1. The molecule has 0 aromatic heterocycles. The maximum absolute atomic E-state index is 12.6.